The summed E-state index contributed by atoms with van der Waals surface area (Å²) in [7, 11) is 0. The van der Waals surface area contributed by atoms with Crippen LogP contribution in [-0.2, 0) is 14.4 Å². The predicted molar refractivity (Wildman–Crippen MR) is 80.9 cm³/mol. The average molecular weight is 344 g/mol. The highest BCUT2D eigenvalue weighted by Gasteiger charge is 2.46. The molecule has 0 aromatic heterocycles. The lowest BCUT2D eigenvalue weighted by Crippen LogP contribution is -2.50. The Bertz CT molecular complexity index is 506. The molecule has 10 nitrogen and oxygen atoms in total. The molecule has 0 saturated carbocycles. The van der Waals surface area contributed by atoms with Crippen LogP contribution in [-0.4, -0.2) is 70.6 Å². The van der Waals surface area contributed by atoms with E-state index in [0.29, 0.717) is 24.4 Å². The molecule has 3 N–H and O–H groups in total. The topological polar surface area (TPSA) is 120 Å². The molecule has 2 atom stereocenters. The molecule has 4 amide bonds. The Balaban J connectivity index is 1.65. The lowest BCUT2D eigenvalue weighted by atomic mass is 10.0. The van der Waals surface area contributed by atoms with Gasteiger partial charge in [0, 0.05) is 13.1 Å². The van der Waals surface area contributed by atoms with Gasteiger partial charge in [0.25, 0.3) is 5.91 Å². The number of urea groups is 1. The summed E-state index contributed by atoms with van der Waals surface area (Å²) in [5, 5.41) is 12.7. The van der Waals surface area contributed by atoms with E-state index in [1.54, 1.807) is 20.8 Å². The van der Waals surface area contributed by atoms with Crippen LogP contribution >= 0.6 is 0 Å². The smallest absolute Gasteiger partial charge is 0.407 e. The molecular weight excluding hydrogens is 320 g/mol. The van der Waals surface area contributed by atoms with Gasteiger partial charge in [0.2, 0.25) is 0 Å². The molecule has 0 radical (unpaired) electrons. The number of piperidine rings is 1. The summed E-state index contributed by atoms with van der Waals surface area (Å²) < 4.78 is 5.05. The van der Waals surface area contributed by atoms with Gasteiger partial charge in [-0.05, 0) is 33.6 Å². The third-order valence-corrected chi connectivity index (χ3v) is 3.69. The normalized spacial score (nSPS) is 23.2. The molecule has 0 aromatic rings. The summed E-state index contributed by atoms with van der Waals surface area (Å²) in [5.74, 6) is -0.450. The Kier molecular flexibility index (Phi) is 5.50. The third kappa shape index (κ3) is 4.48. The van der Waals surface area contributed by atoms with Crippen molar-refractivity contribution >= 4 is 18.0 Å². The Hall–Kier alpha value is -2.07. The van der Waals surface area contributed by atoms with E-state index in [4.69, 9.17) is 9.57 Å². The molecule has 2 aliphatic heterocycles. The molecule has 2 heterocycles. The number of nitrogens with zero attached hydrogens (tertiary/aromatic N) is 2. The van der Waals surface area contributed by atoms with Crippen molar-refractivity contribution in [1.29, 1.82) is 0 Å². The van der Waals surface area contributed by atoms with Gasteiger partial charge in [-0.15, -0.1) is 0 Å². The van der Waals surface area contributed by atoms with Crippen LogP contribution < -0.4 is 10.8 Å². The van der Waals surface area contributed by atoms with Crippen molar-refractivity contribution in [1.82, 2.24) is 20.8 Å². The summed E-state index contributed by atoms with van der Waals surface area (Å²) in [6.07, 6.45) is 0.442. The fourth-order valence-electron chi connectivity index (χ4n) is 2.63. The molecule has 2 rings (SSSR count). The zero-order valence-corrected chi connectivity index (χ0v) is 14.1. The molecule has 2 bridgehead atoms. The number of carbonyl (C=O) groups is 3. The Morgan fingerprint density at radius 2 is 2.04 bits per heavy atom. The summed E-state index contributed by atoms with van der Waals surface area (Å²) in [4.78, 5) is 41.6. The minimum Gasteiger partial charge on any atom is -0.444 e. The van der Waals surface area contributed by atoms with Crippen molar-refractivity contribution < 1.29 is 29.2 Å². The second-order valence-electron chi connectivity index (χ2n) is 6.77. The minimum atomic E-state index is -0.662. The summed E-state index contributed by atoms with van der Waals surface area (Å²) >= 11 is 0. The fraction of sp³-hybridized carbons (Fsp3) is 0.786. The van der Waals surface area contributed by atoms with Gasteiger partial charge in [0.05, 0.1) is 12.6 Å². The molecule has 0 unspecified atom stereocenters. The molecule has 0 aliphatic carbocycles. The first-order chi connectivity index (χ1) is 11.2. The van der Waals surface area contributed by atoms with Gasteiger partial charge in [0.15, 0.2) is 0 Å². The summed E-state index contributed by atoms with van der Waals surface area (Å²) in [6, 6.07) is -1.48. The number of carbonyl (C=O) groups excluding carboxylic acids is 3. The largest absolute Gasteiger partial charge is 0.444 e. The van der Waals surface area contributed by atoms with E-state index in [0.717, 1.165) is 0 Å². The first-order valence-corrected chi connectivity index (χ1v) is 7.86. The molecule has 10 heteroatoms. The van der Waals surface area contributed by atoms with Crippen LogP contribution in [0.15, 0.2) is 0 Å². The maximum absolute atomic E-state index is 12.1. The van der Waals surface area contributed by atoms with Crippen LogP contribution in [0.25, 0.3) is 0 Å². The molecule has 136 valence electrons. The van der Waals surface area contributed by atoms with Crippen LogP contribution in [0.2, 0.25) is 0 Å². The monoisotopic (exact) mass is 344 g/mol. The van der Waals surface area contributed by atoms with Gasteiger partial charge in [-0.3, -0.25) is 14.8 Å². The lowest BCUT2D eigenvalue weighted by Gasteiger charge is -2.28. The Morgan fingerprint density at radius 3 is 2.71 bits per heavy atom. The van der Waals surface area contributed by atoms with Crippen LogP contribution in [0.4, 0.5) is 9.59 Å². The van der Waals surface area contributed by atoms with Gasteiger partial charge < -0.3 is 15.0 Å². The average Bonchev–Trinajstić information content (AvgIpc) is 2.70. The predicted octanol–water partition coefficient (Wildman–Crippen LogP) is 0.217. The van der Waals surface area contributed by atoms with E-state index in [2.05, 4.69) is 10.8 Å². The minimum absolute atomic E-state index is 0.0560. The SMILES string of the molecule is CC(C)(C)OC(=O)NCCONC(=O)[C@@H]1CC[C@H]2CN1C(=O)N2O. The highest BCUT2D eigenvalue weighted by atomic mass is 16.7. The van der Waals surface area contributed by atoms with E-state index in [1.165, 1.54) is 4.90 Å². The van der Waals surface area contributed by atoms with Crippen LogP contribution in [0.1, 0.15) is 33.6 Å². The number of alkyl carbamates (subject to hydrolysis) is 1. The standard InChI is InChI=1S/C14H24N4O6/c1-14(2,3)24-12(20)15-6-7-23-16-11(19)10-5-4-9-8-17(10)13(21)18(9)22/h9-10,22H,4-8H2,1-3H3,(H,15,20)(H,16,19)/t9-,10-/m0/s1. The van der Waals surface area contributed by atoms with Crippen molar-refractivity contribution in [3.05, 3.63) is 0 Å². The van der Waals surface area contributed by atoms with Gasteiger partial charge in [-0.25, -0.2) is 20.1 Å². The second kappa shape index (κ2) is 7.22. The first kappa shape index (κ1) is 18.3. The molecule has 2 fully saturated rings. The van der Waals surface area contributed by atoms with E-state index >= 15 is 0 Å². The van der Waals surface area contributed by atoms with Gasteiger partial charge in [0.1, 0.15) is 11.6 Å². The van der Waals surface area contributed by atoms with Crippen molar-refractivity contribution in [2.24, 2.45) is 0 Å². The van der Waals surface area contributed by atoms with E-state index < -0.39 is 29.7 Å². The number of fused-ring (bicyclic) bond motifs is 2. The molecule has 2 saturated heterocycles. The second-order valence-corrected chi connectivity index (χ2v) is 6.77. The zero-order chi connectivity index (χ0) is 17.9. The number of nitrogens with one attached hydrogen (secondary N) is 2. The van der Waals surface area contributed by atoms with Crippen molar-refractivity contribution in [3.8, 4) is 0 Å². The fourth-order valence-corrected chi connectivity index (χ4v) is 2.63. The maximum atomic E-state index is 12.1. The zero-order valence-electron chi connectivity index (χ0n) is 14.1. The highest BCUT2D eigenvalue weighted by molar-refractivity contribution is 5.87. The third-order valence-electron chi connectivity index (χ3n) is 3.69. The van der Waals surface area contributed by atoms with Gasteiger partial charge >= 0.3 is 12.1 Å². The number of hydrogen-bond acceptors (Lipinski definition) is 6. The van der Waals surface area contributed by atoms with Crippen molar-refractivity contribution in [3.63, 3.8) is 0 Å². The molecule has 24 heavy (non-hydrogen) atoms. The first-order valence-electron chi connectivity index (χ1n) is 7.86. The van der Waals surface area contributed by atoms with Crippen LogP contribution in [0.5, 0.6) is 0 Å². The van der Waals surface area contributed by atoms with E-state index in [9.17, 15) is 19.6 Å². The molecule has 2 aliphatic rings. The number of ether oxygens (including phenoxy) is 1. The number of hydrogen-bond donors (Lipinski definition) is 3. The van der Waals surface area contributed by atoms with E-state index in [1.807, 2.05) is 0 Å². The van der Waals surface area contributed by atoms with Gasteiger partial charge in [-0.2, -0.15) is 0 Å². The molecular formula is C14H24N4O6. The Labute approximate surface area is 140 Å². The number of rotatable bonds is 5. The lowest BCUT2D eigenvalue weighted by molar-refractivity contribution is -0.138. The summed E-state index contributed by atoms with van der Waals surface area (Å²) in [5.41, 5.74) is 1.68. The van der Waals surface area contributed by atoms with Crippen molar-refractivity contribution in [2.45, 2.75) is 51.3 Å². The summed E-state index contributed by atoms with van der Waals surface area (Å²) in [6.45, 7) is 5.81. The molecule has 0 spiro atoms. The van der Waals surface area contributed by atoms with Crippen LogP contribution in [0, 0.1) is 0 Å². The quantitative estimate of drug-likeness (QED) is 0.373. The number of amides is 4. The number of hydroxylamine groups is 3. The Morgan fingerprint density at radius 1 is 1.33 bits per heavy atom. The van der Waals surface area contributed by atoms with Gasteiger partial charge in [-0.1, -0.05) is 0 Å². The van der Waals surface area contributed by atoms with Crippen LogP contribution in [0.3, 0.4) is 0 Å². The van der Waals surface area contributed by atoms with E-state index in [-0.39, 0.29) is 19.2 Å². The molecule has 0 aromatic carbocycles. The van der Waals surface area contributed by atoms with Crippen molar-refractivity contribution in [2.75, 3.05) is 19.7 Å². The maximum Gasteiger partial charge on any atom is 0.407 e. The highest BCUT2D eigenvalue weighted by Crippen LogP contribution is 2.28.